The first kappa shape index (κ1) is 27.9. The third kappa shape index (κ3) is 5.14. The molecule has 1 unspecified atom stereocenters. The second-order valence-electron chi connectivity index (χ2n) is 10.5. The Bertz CT molecular complexity index is 1310. The van der Waals surface area contributed by atoms with E-state index in [0.29, 0.717) is 62.2 Å². The number of likely N-dealkylation sites (N-methyl/N-ethyl adjacent to an activating group) is 1. The van der Waals surface area contributed by atoms with E-state index < -0.39 is 12.4 Å². The fourth-order valence-corrected chi connectivity index (χ4v) is 6.80. The fraction of sp³-hybridized carbons (Fsp3) is 0.552. The molecular weight excluding hydrogens is 566 g/mol. The molecule has 0 N–H and O–H groups in total. The summed E-state index contributed by atoms with van der Waals surface area (Å²) in [6, 6.07) is 5.96. The van der Waals surface area contributed by atoms with Crippen LogP contribution in [0.1, 0.15) is 44.7 Å². The van der Waals surface area contributed by atoms with E-state index in [1.54, 1.807) is 6.92 Å². The molecule has 39 heavy (non-hydrogen) atoms. The van der Waals surface area contributed by atoms with Crippen molar-refractivity contribution in [2.75, 3.05) is 39.9 Å². The maximum Gasteiger partial charge on any atom is 0.422 e. The van der Waals surface area contributed by atoms with Crippen LogP contribution in [0.15, 0.2) is 28.9 Å². The highest BCUT2D eigenvalue weighted by Gasteiger charge is 2.39. The number of fused-ring (bicyclic) bond motifs is 2. The molecule has 3 aliphatic rings. The summed E-state index contributed by atoms with van der Waals surface area (Å²) in [5.41, 5.74) is 3.87. The largest absolute Gasteiger partial charge is 0.425 e. The molecule has 210 valence electrons. The number of hydrogen-bond donors (Lipinski definition) is 0. The zero-order chi connectivity index (χ0) is 27.8. The number of carbonyl (C=O) groups excluding carboxylic acids is 3. The predicted molar refractivity (Wildman–Crippen MR) is 150 cm³/mol. The van der Waals surface area contributed by atoms with Crippen LogP contribution in [0.3, 0.4) is 0 Å². The van der Waals surface area contributed by atoms with E-state index in [0.717, 1.165) is 22.1 Å². The van der Waals surface area contributed by atoms with E-state index in [9.17, 15) is 14.4 Å². The van der Waals surface area contributed by atoms with Crippen molar-refractivity contribution in [2.45, 2.75) is 52.4 Å². The molecule has 0 saturated carbocycles. The minimum Gasteiger partial charge on any atom is -0.425 e. The van der Waals surface area contributed by atoms with Crippen LogP contribution in [0.25, 0.3) is 16.5 Å². The van der Waals surface area contributed by atoms with Gasteiger partial charge >= 0.3 is 12.1 Å². The maximum atomic E-state index is 13.4. The van der Waals surface area contributed by atoms with Gasteiger partial charge in [-0.15, -0.1) is 0 Å². The van der Waals surface area contributed by atoms with Gasteiger partial charge < -0.3 is 19.1 Å². The number of ether oxygens (including phenoxy) is 3. The standard InChI is InChI=1S/C29H36BrN3O6/c1-5-32(6-2)27(34)19-14-21-20-8-7-9-23-25(20)22(15-24(21)31(4)16-19)26(30)33(23)29(36)39-17(3)38-28(35)18-10-12-37-13-11-18/h7-9,14,17-19,24H,5-6,10-13,15-16H2,1-4H3/t17?,19-,24-/m1/s1. The van der Waals surface area contributed by atoms with Gasteiger partial charge in [-0.05, 0) is 78.9 Å². The van der Waals surface area contributed by atoms with Gasteiger partial charge in [-0.1, -0.05) is 18.2 Å². The Morgan fingerprint density at radius 1 is 1.15 bits per heavy atom. The van der Waals surface area contributed by atoms with Crippen molar-refractivity contribution in [3.8, 4) is 0 Å². The Morgan fingerprint density at radius 2 is 1.87 bits per heavy atom. The zero-order valence-corrected chi connectivity index (χ0v) is 24.5. The van der Waals surface area contributed by atoms with Crippen LogP contribution in [-0.2, 0) is 30.2 Å². The summed E-state index contributed by atoms with van der Waals surface area (Å²) in [7, 11) is 2.05. The third-order valence-corrected chi connectivity index (χ3v) is 9.01. The summed E-state index contributed by atoms with van der Waals surface area (Å²) in [6.45, 7) is 8.63. The van der Waals surface area contributed by atoms with Crippen molar-refractivity contribution in [2.24, 2.45) is 11.8 Å². The number of benzene rings is 1. The van der Waals surface area contributed by atoms with Gasteiger partial charge in [0.2, 0.25) is 12.2 Å². The lowest BCUT2D eigenvalue weighted by Gasteiger charge is -2.40. The SMILES string of the molecule is CCN(CC)C(=O)[C@@H]1C=C2c3cccc4c3c(c(Br)n4C(=O)OC(C)OC(=O)C3CCOCC3)C[C@H]2N(C)C1. The van der Waals surface area contributed by atoms with Gasteiger partial charge in [-0.25, -0.2) is 9.36 Å². The number of nitrogens with zero attached hydrogens (tertiary/aromatic N) is 3. The normalized spacial score (nSPS) is 22.1. The molecule has 5 rings (SSSR count). The maximum absolute atomic E-state index is 13.4. The Balaban J connectivity index is 1.44. The molecule has 1 amide bonds. The van der Waals surface area contributed by atoms with E-state index in [1.807, 2.05) is 30.9 Å². The second kappa shape index (κ2) is 11.4. The summed E-state index contributed by atoms with van der Waals surface area (Å²) < 4.78 is 18.5. The number of halogens is 1. The van der Waals surface area contributed by atoms with Gasteiger partial charge in [0.25, 0.3) is 0 Å². The average Bonchev–Trinajstić information content (AvgIpc) is 3.22. The van der Waals surface area contributed by atoms with E-state index in [-0.39, 0.29) is 29.8 Å². The van der Waals surface area contributed by atoms with Crippen molar-refractivity contribution in [1.82, 2.24) is 14.4 Å². The lowest BCUT2D eigenvalue weighted by molar-refractivity contribution is -0.172. The Hall–Kier alpha value is -2.69. The molecule has 2 aromatic rings. The number of carbonyl (C=O) groups is 3. The average molecular weight is 603 g/mol. The predicted octanol–water partition coefficient (Wildman–Crippen LogP) is 4.44. The molecule has 9 nitrogen and oxygen atoms in total. The van der Waals surface area contributed by atoms with E-state index in [1.165, 1.54) is 4.57 Å². The number of aromatic nitrogens is 1. The lowest BCUT2D eigenvalue weighted by Crippen LogP contribution is -2.47. The molecule has 0 spiro atoms. The Labute approximate surface area is 237 Å². The molecule has 1 saturated heterocycles. The van der Waals surface area contributed by atoms with Crippen molar-refractivity contribution in [3.63, 3.8) is 0 Å². The van der Waals surface area contributed by atoms with Gasteiger partial charge in [0.05, 0.1) is 22.0 Å². The molecule has 1 aromatic carbocycles. The van der Waals surface area contributed by atoms with Crippen LogP contribution in [0.4, 0.5) is 4.79 Å². The second-order valence-corrected chi connectivity index (χ2v) is 11.2. The molecule has 0 radical (unpaired) electrons. The molecule has 1 aliphatic carbocycles. The monoisotopic (exact) mass is 601 g/mol. The molecule has 1 aromatic heterocycles. The minimum atomic E-state index is -1.03. The van der Waals surface area contributed by atoms with Crippen LogP contribution >= 0.6 is 15.9 Å². The molecule has 1 fully saturated rings. The summed E-state index contributed by atoms with van der Waals surface area (Å²) in [6.07, 6.45) is 2.38. The number of hydrogen-bond acceptors (Lipinski definition) is 7. The van der Waals surface area contributed by atoms with E-state index in [2.05, 4.69) is 40.0 Å². The fourth-order valence-electron chi connectivity index (χ4n) is 6.11. The summed E-state index contributed by atoms with van der Waals surface area (Å²) >= 11 is 3.68. The Kier molecular flexibility index (Phi) is 8.16. The molecule has 3 atom stereocenters. The van der Waals surface area contributed by atoms with Crippen molar-refractivity contribution >= 4 is 50.4 Å². The number of rotatable bonds is 6. The van der Waals surface area contributed by atoms with Crippen LogP contribution in [0.2, 0.25) is 0 Å². The lowest BCUT2D eigenvalue weighted by atomic mass is 9.79. The van der Waals surface area contributed by atoms with E-state index >= 15 is 0 Å². The Morgan fingerprint density at radius 3 is 2.56 bits per heavy atom. The molecule has 0 bridgehead atoms. The molecular formula is C29H36BrN3O6. The van der Waals surface area contributed by atoms with Crippen LogP contribution in [-0.4, -0.2) is 84.6 Å². The number of amides is 1. The van der Waals surface area contributed by atoms with Gasteiger partial charge in [0.15, 0.2) is 0 Å². The van der Waals surface area contributed by atoms with Crippen molar-refractivity contribution in [1.29, 1.82) is 0 Å². The van der Waals surface area contributed by atoms with Crippen LogP contribution < -0.4 is 0 Å². The highest BCUT2D eigenvalue weighted by atomic mass is 79.9. The van der Waals surface area contributed by atoms with Gasteiger partial charge in [0.1, 0.15) is 0 Å². The molecule has 10 heteroatoms. The highest BCUT2D eigenvalue weighted by Crippen LogP contribution is 2.45. The van der Waals surface area contributed by atoms with Crippen molar-refractivity contribution < 1.29 is 28.6 Å². The zero-order valence-electron chi connectivity index (χ0n) is 22.9. The smallest absolute Gasteiger partial charge is 0.422 e. The first-order chi connectivity index (χ1) is 18.7. The quantitative estimate of drug-likeness (QED) is 0.357. The highest BCUT2D eigenvalue weighted by molar-refractivity contribution is 9.10. The first-order valence-corrected chi connectivity index (χ1v) is 14.6. The van der Waals surface area contributed by atoms with Crippen LogP contribution in [0.5, 0.6) is 0 Å². The number of esters is 1. The summed E-state index contributed by atoms with van der Waals surface area (Å²) in [5.74, 6) is -0.695. The topological polar surface area (TPSA) is 90.3 Å². The van der Waals surface area contributed by atoms with Gasteiger partial charge in [-0.2, -0.15) is 0 Å². The summed E-state index contributed by atoms with van der Waals surface area (Å²) in [5, 5.41) is 0.972. The molecule has 2 aliphatic heterocycles. The van der Waals surface area contributed by atoms with Gasteiger partial charge in [0, 0.05) is 51.2 Å². The molecule has 3 heterocycles. The minimum absolute atomic E-state index is 0.0892. The third-order valence-electron chi connectivity index (χ3n) is 8.17. The first-order valence-electron chi connectivity index (χ1n) is 13.8. The summed E-state index contributed by atoms with van der Waals surface area (Å²) in [4.78, 5) is 43.3. The van der Waals surface area contributed by atoms with Crippen molar-refractivity contribution in [3.05, 3.63) is 40.0 Å². The van der Waals surface area contributed by atoms with E-state index in [4.69, 9.17) is 14.2 Å². The van der Waals surface area contributed by atoms with Crippen LogP contribution in [0, 0.1) is 11.8 Å². The van der Waals surface area contributed by atoms with Gasteiger partial charge in [-0.3, -0.25) is 14.5 Å².